The van der Waals surface area contributed by atoms with E-state index in [0.717, 1.165) is 34.4 Å². The van der Waals surface area contributed by atoms with Crippen LogP contribution >= 0.6 is 0 Å². The van der Waals surface area contributed by atoms with Crippen LogP contribution in [0.2, 0.25) is 0 Å². The Balaban J connectivity index is 1.96. The maximum absolute atomic E-state index is 6.03. The summed E-state index contributed by atoms with van der Waals surface area (Å²) in [6, 6.07) is 8.01. The molecule has 0 spiro atoms. The first-order valence-electron chi connectivity index (χ1n) is 6.93. The molecule has 2 heterocycles. The van der Waals surface area contributed by atoms with Crippen molar-refractivity contribution in [2.75, 3.05) is 11.1 Å². The zero-order valence-electron chi connectivity index (χ0n) is 12.2. The van der Waals surface area contributed by atoms with Crippen molar-refractivity contribution in [3.05, 3.63) is 59.7 Å². The van der Waals surface area contributed by atoms with Gasteiger partial charge in [0.05, 0.1) is 0 Å². The highest BCUT2D eigenvalue weighted by molar-refractivity contribution is 6.00. The number of nitrogen functional groups attached to an aromatic ring is 1. The average molecular weight is 278 g/mol. The highest BCUT2D eigenvalue weighted by Gasteiger charge is 2.06. The van der Waals surface area contributed by atoms with Crippen molar-refractivity contribution < 1.29 is 0 Å². The second-order valence-electron chi connectivity index (χ2n) is 5.23. The Bertz CT molecular complexity index is 796. The van der Waals surface area contributed by atoms with Crippen LogP contribution in [0.15, 0.2) is 42.9 Å². The fourth-order valence-electron chi connectivity index (χ4n) is 2.39. The number of hydrogen-bond donors (Lipinski definition) is 2. The number of nitrogens with zero attached hydrogens (tertiary/aromatic N) is 2. The molecule has 3 rings (SSSR count). The molecule has 0 radical (unpaired) electrons. The standard InChI is InChI=1S/C17H18N4/c1-11-5-6-19-8-13(11)9-21-17-4-3-16(18)15-10-20-12(2)7-14(15)17/h3-8,10,21H,9,18H2,1-2H3. The molecular weight excluding hydrogens is 260 g/mol. The summed E-state index contributed by atoms with van der Waals surface area (Å²) < 4.78 is 0. The summed E-state index contributed by atoms with van der Waals surface area (Å²) in [5.41, 5.74) is 11.2. The molecule has 0 atom stereocenters. The zero-order valence-corrected chi connectivity index (χ0v) is 12.2. The minimum Gasteiger partial charge on any atom is -0.398 e. The molecule has 1 aromatic carbocycles. The Hall–Kier alpha value is -2.62. The number of hydrogen-bond acceptors (Lipinski definition) is 4. The van der Waals surface area contributed by atoms with E-state index in [9.17, 15) is 0 Å². The molecule has 21 heavy (non-hydrogen) atoms. The van der Waals surface area contributed by atoms with E-state index in [1.165, 1.54) is 11.1 Å². The third-order valence-electron chi connectivity index (χ3n) is 3.69. The molecule has 0 aliphatic carbocycles. The van der Waals surface area contributed by atoms with Crippen LogP contribution < -0.4 is 11.1 Å². The van der Waals surface area contributed by atoms with Gasteiger partial charge in [-0.25, -0.2) is 0 Å². The second kappa shape index (κ2) is 5.40. The summed E-state index contributed by atoms with van der Waals surface area (Å²) in [5, 5.41) is 5.56. The lowest BCUT2D eigenvalue weighted by Gasteiger charge is -2.12. The van der Waals surface area contributed by atoms with E-state index in [-0.39, 0.29) is 0 Å². The predicted octanol–water partition coefficient (Wildman–Crippen LogP) is 3.44. The van der Waals surface area contributed by atoms with Crippen molar-refractivity contribution in [1.29, 1.82) is 0 Å². The van der Waals surface area contributed by atoms with Gasteiger partial charge in [-0.3, -0.25) is 9.97 Å². The van der Waals surface area contributed by atoms with E-state index in [2.05, 4.69) is 28.3 Å². The molecule has 3 N–H and O–H groups in total. The Morgan fingerprint density at radius 1 is 1.10 bits per heavy atom. The van der Waals surface area contributed by atoms with Crippen LogP contribution in [0.4, 0.5) is 11.4 Å². The fraction of sp³-hybridized carbons (Fsp3) is 0.176. The van der Waals surface area contributed by atoms with E-state index in [4.69, 9.17) is 5.73 Å². The van der Waals surface area contributed by atoms with Crippen LogP contribution in [0.1, 0.15) is 16.8 Å². The predicted molar refractivity (Wildman–Crippen MR) is 87.2 cm³/mol. The van der Waals surface area contributed by atoms with Gasteiger partial charge < -0.3 is 11.1 Å². The summed E-state index contributed by atoms with van der Waals surface area (Å²) in [4.78, 5) is 8.50. The van der Waals surface area contributed by atoms with Gasteiger partial charge in [-0.2, -0.15) is 0 Å². The van der Waals surface area contributed by atoms with Crippen LogP contribution in [0.25, 0.3) is 10.8 Å². The van der Waals surface area contributed by atoms with Crippen LogP contribution in [0.3, 0.4) is 0 Å². The third-order valence-corrected chi connectivity index (χ3v) is 3.69. The van der Waals surface area contributed by atoms with Gasteiger partial charge in [0.1, 0.15) is 0 Å². The van der Waals surface area contributed by atoms with Crippen LogP contribution in [-0.4, -0.2) is 9.97 Å². The van der Waals surface area contributed by atoms with Gasteiger partial charge in [0.15, 0.2) is 0 Å². The highest BCUT2D eigenvalue weighted by Crippen LogP contribution is 2.28. The highest BCUT2D eigenvalue weighted by atomic mass is 14.9. The van der Waals surface area contributed by atoms with Crippen LogP contribution in [-0.2, 0) is 6.54 Å². The number of nitrogens with two attached hydrogens (primary N) is 1. The minimum atomic E-state index is 0.736. The topological polar surface area (TPSA) is 63.8 Å². The zero-order chi connectivity index (χ0) is 14.8. The van der Waals surface area contributed by atoms with Gasteiger partial charge in [-0.15, -0.1) is 0 Å². The molecule has 4 nitrogen and oxygen atoms in total. The quantitative estimate of drug-likeness (QED) is 0.720. The molecule has 3 aromatic rings. The number of benzene rings is 1. The number of rotatable bonds is 3. The van der Waals surface area contributed by atoms with E-state index in [0.29, 0.717) is 0 Å². The monoisotopic (exact) mass is 278 g/mol. The SMILES string of the molecule is Cc1cc2c(NCc3cnccc3C)ccc(N)c2cn1. The van der Waals surface area contributed by atoms with Crippen molar-refractivity contribution in [3.63, 3.8) is 0 Å². The molecule has 0 fully saturated rings. The number of aryl methyl sites for hydroxylation is 2. The van der Waals surface area contributed by atoms with Crippen LogP contribution in [0.5, 0.6) is 0 Å². The van der Waals surface area contributed by atoms with E-state index in [1.807, 2.05) is 43.7 Å². The first-order valence-corrected chi connectivity index (χ1v) is 6.93. The fourth-order valence-corrected chi connectivity index (χ4v) is 2.39. The molecule has 0 unspecified atom stereocenters. The lowest BCUT2D eigenvalue weighted by atomic mass is 10.1. The van der Waals surface area contributed by atoms with Crippen molar-refractivity contribution in [3.8, 4) is 0 Å². The largest absolute Gasteiger partial charge is 0.398 e. The lowest BCUT2D eigenvalue weighted by Crippen LogP contribution is -2.03. The van der Waals surface area contributed by atoms with Crippen molar-refractivity contribution in [2.45, 2.75) is 20.4 Å². The smallest absolute Gasteiger partial charge is 0.0425 e. The summed E-state index contributed by atoms with van der Waals surface area (Å²) in [6.45, 7) is 4.81. The number of aromatic nitrogens is 2. The summed E-state index contributed by atoms with van der Waals surface area (Å²) in [7, 11) is 0. The number of nitrogens with one attached hydrogen (secondary N) is 1. The van der Waals surface area contributed by atoms with Crippen molar-refractivity contribution in [1.82, 2.24) is 9.97 Å². The third kappa shape index (κ3) is 2.65. The van der Waals surface area contributed by atoms with Gasteiger partial charge >= 0.3 is 0 Å². The first kappa shape index (κ1) is 13.4. The molecule has 0 saturated carbocycles. The Morgan fingerprint density at radius 2 is 1.95 bits per heavy atom. The van der Waals surface area contributed by atoms with Gasteiger partial charge in [-0.1, -0.05) is 0 Å². The first-order chi connectivity index (χ1) is 10.1. The Morgan fingerprint density at radius 3 is 2.76 bits per heavy atom. The van der Waals surface area contributed by atoms with Gasteiger partial charge in [0.25, 0.3) is 0 Å². The molecule has 0 saturated heterocycles. The van der Waals surface area contributed by atoms with Crippen LogP contribution in [0, 0.1) is 13.8 Å². The molecule has 106 valence electrons. The maximum atomic E-state index is 6.03. The number of pyridine rings is 2. The van der Waals surface area contributed by atoms with Gasteiger partial charge in [0, 0.05) is 53.0 Å². The minimum absolute atomic E-state index is 0.736. The normalized spacial score (nSPS) is 10.8. The summed E-state index contributed by atoms with van der Waals surface area (Å²) in [5.74, 6) is 0. The van der Waals surface area contributed by atoms with E-state index >= 15 is 0 Å². The summed E-state index contributed by atoms with van der Waals surface area (Å²) in [6.07, 6.45) is 5.54. The van der Waals surface area contributed by atoms with E-state index < -0.39 is 0 Å². The summed E-state index contributed by atoms with van der Waals surface area (Å²) >= 11 is 0. The van der Waals surface area contributed by atoms with Crippen molar-refractivity contribution >= 4 is 22.1 Å². The van der Waals surface area contributed by atoms with E-state index in [1.54, 1.807) is 0 Å². The maximum Gasteiger partial charge on any atom is 0.0425 e. The average Bonchev–Trinajstić information content (AvgIpc) is 2.48. The molecule has 2 aromatic heterocycles. The number of fused-ring (bicyclic) bond motifs is 1. The molecule has 0 bridgehead atoms. The second-order valence-corrected chi connectivity index (χ2v) is 5.23. The molecule has 0 aliphatic rings. The van der Waals surface area contributed by atoms with Gasteiger partial charge in [0.2, 0.25) is 0 Å². The Labute approximate surface area is 124 Å². The van der Waals surface area contributed by atoms with Gasteiger partial charge in [-0.05, 0) is 49.2 Å². The number of anilines is 2. The molecular formula is C17H18N4. The van der Waals surface area contributed by atoms with Crippen molar-refractivity contribution in [2.24, 2.45) is 0 Å². The Kier molecular flexibility index (Phi) is 3.44. The molecule has 4 heteroatoms. The molecule has 0 aliphatic heterocycles. The lowest BCUT2D eigenvalue weighted by molar-refractivity contribution is 1.08. The molecule has 0 amide bonds.